The molecule has 1 aliphatic rings. The van der Waals surface area contributed by atoms with Crippen molar-refractivity contribution in [3.63, 3.8) is 0 Å². The Kier molecular flexibility index (Phi) is 4.43. The van der Waals surface area contributed by atoms with Crippen molar-refractivity contribution in [2.45, 2.75) is 43.7 Å². The van der Waals surface area contributed by atoms with E-state index in [4.69, 9.17) is 10.5 Å². The number of ether oxygens (including phenoxy) is 1. The second-order valence-corrected chi connectivity index (χ2v) is 6.36. The quantitative estimate of drug-likeness (QED) is 0.786. The van der Waals surface area contributed by atoms with Gasteiger partial charge < -0.3 is 10.5 Å². The van der Waals surface area contributed by atoms with Crippen LogP contribution in [-0.4, -0.2) is 37.5 Å². The number of anilines is 1. The molecule has 1 aliphatic heterocycles. The van der Waals surface area contributed by atoms with Crippen molar-refractivity contribution in [3.8, 4) is 0 Å². The number of aromatic nitrogens is 2. The maximum atomic E-state index is 12.1. The van der Waals surface area contributed by atoms with Crippen molar-refractivity contribution in [1.29, 1.82) is 0 Å². The number of nitrogens with two attached hydrogens (primary N) is 1. The Morgan fingerprint density at radius 2 is 2.42 bits per heavy atom. The van der Waals surface area contributed by atoms with Crippen molar-refractivity contribution < 1.29 is 13.2 Å². The summed E-state index contributed by atoms with van der Waals surface area (Å²) in [7, 11) is -3.61. The Balaban J connectivity index is 2.05. The molecule has 2 heterocycles. The minimum atomic E-state index is -3.61. The first-order chi connectivity index (χ1) is 9.03. The van der Waals surface area contributed by atoms with Crippen LogP contribution in [0.4, 0.5) is 5.82 Å². The number of nitrogens with zero attached hydrogens (tertiary/aromatic N) is 2. The topological polar surface area (TPSA) is 99.2 Å². The van der Waals surface area contributed by atoms with Crippen LogP contribution in [0, 0.1) is 0 Å². The van der Waals surface area contributed by atoms with Gasteiger partial charge in [0.25, 0.3) is 0 Å². The second kappa shape index (κ2) is 5.89. The fourth-order valence-electron chi connectivity index (χ4n) is 2.05. The summed E-state index contributed by atoms with van der Waals surface area (Å²) in [6, 6.07) is 0. The lowest BCUT2D eigenvalue weighted by atomic mass is 10.2. The van der Waals surface area contributed by atoms with Crippen molar-refractivity contribution in [1.82, 2.24) is 14.5 Å². The zero-order valence-corrected chi connectivity index (χ0v) is 11.8. The van der Waals surface area contributed by atoms with E-state index in [1.165, 1.54) is 6.20 Å². The average molecular weight is 288 g/mol. The Morgan fingerprint density at radius 1 is 1.63 bits per heavy atom. The predicted octanol–water partition coefficient (Wildman–Crippen LogP) is 0.333. The summed E-state index contributed by atoms with van der Waals surface area (Å²) in [6.07, 6.45) is 4.15. The Labute approximate surface area is 113 Å². The van der Waals surface area contributed by atoms with Gasteiger partial charge >= 0.3 is 0 Å². The summed E-state index contributed by atoms with van der Waals surface area (Å²) < 4.78 is 33.7. The molecule has 8 heteroatoms. The van der Waals surface area contributed by atoms with Crippen LogP contribution in [0.15, 0.2) is 11.1 Å². The van der Waals surface area contributed by atoms with Crippen LogP contribution < -0.4 is 10.5 Å². The fraction of sp³-hybridized carbons (Fsp3) is 0.727. The summed E-state index contributed by atoms with van der Waals surface area (Å²) >= 11 is 0. The first-order valence-corrected chi connectivity index (χ1v) is 7.95. The summed E-state index contributed by atoms with van der Waals surface area (Å²) in [5, 5.41) is 3.99. The normalized spacial score (nSPS) is 19.9. The summed E-state index contributed by atoms with van der Waals surface area (Å²) in [4.78, 5) is 0.0407. The number of aryl methyl sites for hydroxylation is 1. The van der Waals surface area contributed by atoms with Crippen molar-refractivity contribution in [2.75, 3.05) is 18.9 Å². The minimum absolute atomic E-state index is 0.0355. The molecule has 1 saturated heterocycles. The fourth-order valence-corrected chi connectivity index (χ4v) is 3.19. The first-order valence-electron chi connectivity index (χ1n) is 6.47. The molecule has 1 aromatic rings. The van der Waals surface area contributed by atoms with Crippen LogP contribution in [-0.2, 0) is 21.3 Å². The van der Waals surface area contributed by atoms with E-state index in [0.29, 0.717) is 13.2 Å². The average Bonchev–Trinajstić information content (AvgIpc) is 2.97. The number of rotatable bonds is 6. The molecule has 108 valence electrons. The third kappa shape index (κ3) is 3.46. The predicted molar refractivity (Wildman–Crippen MR) is 71.1 cm³/mol. The van der Waals surface area contributed by atoms with E-state index in [2.05, 4.69) is 9.82 Å². The lowest BCUT2D eigenvalue weighted by molar-refractivity contribution is 0.114. The van der Waals surface area contributed by atoms with Crippen LogP contribution in [0.3, 0.4) is 0 Å². The highest BCUT2D eigenvalue weighted by Gasteiger charge is 2.23. The van der Waals surface area contributed by atoms with E-state index in [1.54, 1.807) is 4.68 Å². The van der Waals surface area contributed by atoms with Gasteiger partial charge in [-0.1, -0.05) is 6.92 Å². The lowest BCUT2D eigenvalue weighted by Gasteiger charge is -2.10. The molecule has 1 atom stereocenters. The lowest BCUT2D eigenvalue weighted by Crippen LogP contribution is -2.32. The van der Waals surface area contributed by atoms with Gasteiger partial charge in [-0.2, -0.15) is 5.10 Å². The molecular formula is C11H20N4O3S. The van der Waals surface area contributed by atoms with Gasteiger partial charge in [0, 0.05) is 25.9 Å². The van der Waals surface area contributed by atoms with Crippen LogP contribution in [0.2, 0.25) is 0 Å². The van der Waals surface area contributed by atoms with Gasteiger partial charge in [0.1, 0.15) is 4.90 Å². The third-order valence-corrected chi connectivity index (χ3v) is 4.46. The third-order valence-electron chi connectivity index (χ3n) is 3.02. The Hall–Kier alpha value is -1.12. The van der Waals surface area contributed by atoms with Gasteiger partial charge in [0.15, 0.2) is 5.82 Å². The summed E-state index contributed by atoms with van der Waals surface area (Å²) in [5.74, 6) is 0.0355. The SMILES string of the molecule is CCCn1cc(S(=O)(=O)NCC2CCCO2)c(N)n1. The van der Waals surface area contributed by atoms with E-state index in [-0.39, 0.29) is 23.4 Å². The second-order valence-electron chi connectivity index (χ2n) is 4.63. The monoisotopic (exact) mass is 288 g/mol. The molecule has 1 aromatic heterocycles. The molecular weight excluding hydrogens is 268 g/mol. The maximum absolute atomic E-state index is 12.1. The number of sulfonamides is 1. The molecule has 0 amide bonds. The molecule has 0 aromatic carbocycles. The first kappa shape index (κ1) is 14.3. The maximum Gasteiger partial charge on any atom is 0.245 e. The van der Waals surface area contributed by atoms with Crippen LogP contribution in [0.1, 0.15) is 26.2 Å². The Morgan fingerprint density at radius 3 is 3.05 bits per heavy atom. The molecule has 1 unspecified atom stereocenters. The van der Waals surface area contributed by atoms with Gasteiger partial charge in [0.05, 0.1) is 6.10 Å². The van der Waals surface area contributed by atoms with E-state index in [1.807, 2.05) is 6.92 Å². The molecule has 1 fully saturated rings. The molecule has 0 spiro atoms. The highest BCUT2D eigenvalue weighted by Crippen LogP contribution is 2.17. The van der Waals surface area contributed by atoms with Crippen LogP contribution in [0.5, 0.6) is 0 Å². The number of hydrogen-bond donors (Lipinski definition) is 2. The van der Waals surface area contributed by atoms with E-state index in [9.17, 15) is 8.42 Å². The molecule has 3 N–H and O–H groups in total. The molecule has 0 saturated carbocycles. The Bertz CT molecular complexity index is 520. The van der Waals surface area contributed by atoms with E-state index in [0.717, 1.165) is 19.3 Å². The van der Waals surface area contributed by atoms with Gasteiger partial charge in [-0.05, 0) is 19.3 Å². The van der Waals surface area contributed by atoms with Crippen molar-refractivity contribution in [2.24, 2.45) is 0 Å². The molecule has 0 radical (unpaired) electrons. The highest BCUT2D eigenvalue weighted by atomic mass is 32.2. The van der Waals surface area contributed by atoms with Crippen LogP contribution in [0.25, 0.3) is 0 Å². The molecule has 0 bridgehead atoms. The zero-order chi connectivity index (χ0) is 13.9. The number of hydrogen-bond acceptors (Lipinski definition) is 5. The largest absolute Gasteiger partial charge is 0.381 e. The smallest absolute Gasteiger partial charge is 0.245 e. The van der Waals surface area contributed by atoms with E-state index < -0.39 is 10.0 Å². The molecule has 7 nitrogen and oxygen atoms in total. The van der Waals surface area contributed by atoms with Crippen molar-refractivity contribution in [3.05, 3.63) is 6.20 Å². The zero-order valence-electron chi connectivity index (χ0n) is 11.0. The van der Waals surface area contributed by atoms with Gasteiger partial charge in [-0.3, -0.25) is 4.68 Å². The number of nitrogen functional groups attached to an aromatic ring is 1. The summed E-state index contributed by atoms with van der Waals surface area (Å²) in [6.45, 7) is 3.61. The van der Waals surface area contributed by atoms with Crippen molar-refractivity contribution >= 4 is 15.8 Å². The molecule has 2 rings (SSSR count). The highest BCUT2D eigenvalue weighted by molar-refractivity contribution is 7.89. The minimum Gasteiger partial charge on any atom is -0.381 e. The summed E-state index contributed by atoms with van der Waals surface area (Å²) in [5.41, 5.74) is 5.66. The standard InChI is InChI=1S/C11H20N4O3S/c1-2-5-15-8-10(11(12)14-15)19(16,17)13-7-9-4-3-6-18-9/h8-9,13H,2-7H2,1H3,(H2,12,14). The number of nitrogens with one attached hydrogen (secondary N) is 1. The van der Waals surface area contributed by atoms with Crippen LogP contribution >= 0.6 is 0 Å². The van der Waals surface area contributed by atoms with Gasteiger partial charge in [-0.15, -0.1) is 0 Å². The van der Waals surface area contributed by atoms with Gasteiger partial charge in [-0.25, -0.2) is 13.1 Å². The van der Waals surface area contributed by atoms with E-state index >= 15 is 0 Å². The van der Waals surface area contributed by atoms with Gasteiger partial charge in [0.2, 0.25) is 10.0 Å². The molecule has 0 aliphatic carbocycles. The molecule has 19 heavy (non-hydrogen) atoms.